The lowest BCUT2D eigenvalue weighted by atomic mass is 10.1. The molecule has 0 aliphatic heterocycles. The molecule has 0 amide bonds. The van der Waals surface area contributed by atoms with E-state index >= 15 is 0 Å². The van der Waals surface area contributed by atoms with Crippen LogP contribution in [-0.4, -0.2) is 15.1 Å². The SMILES string of the molecule is CC(C)Cc1nc(O)c(-c2ccccc2)c(=O)[nH]1. The van der Waals surface area contributed by atoms with Gasteiger partial charge in [0.25, 0.3) is 5.56 Å². The monoisotopic (exact) mass is 244 g/mol. The molecule has 0 fully saturated rings. The maximum atomic E-state index is 12.0. The number of aromatic nitrogens is 2. The van der Waals surface area contributed by atoms with Gasteiger partial charge in [-0.2, -0.15) is 4.98 Å². The predicted molar refractivity (Wildman–Crippen MR) is 70.5 cm³/mol. The average molecular weight is 244 g/mol. The second-order valence-electron chi connectivity index (χ2n) is 4.68. The minimum absolute atomic E-state index is 0.208. The number of rotatable bonds is 3. The molecule has 1 heterocycles. The van der Waals surface area contributed by atoms with Crippen LogP contribution in [0.25, 0.3) is 11.1 Å². The Kier molecular flexibility index (Phi) is 3.46. The Labute approximate surface area is 105 Å². The van der Waals surface area contributed by atoms with Gasteiger partial charge in [0.15, 0.2) is 0 Å². The Balaban J connectivity index is 2.49. The number of nitrogens with zero attached hydrogens (tertiary/aromatic N) is 1. The molecule has 0 saturated heterocycles. The van der Waals surface area contributed by atoms with Crippen LogP contribution in [0.2, 0.25) is 0 Å². The van der Waals surface area contributed by atoms with E-state index in [1.165, 1.54) is 0 Å². The van der Waals surface area contributed by atoms with Gasteiger partial charge in [0.2, 0.25) is 5.88 Å². The maximum Gasteiger partial charge on any atom is 0.262 e. The maximum absolute atomic E-state index is 12.0. The van der Waals surface area contributed by atoms with Crippen molar-refractivity contribution in [3.8, 4) is 17.0 Å². The van der Waals surface area contributed by atoms with Crippen molar-refractivity contribution in [2.45, 2.75) is 20.3 Å². The van der Waals surface area contributed by atoms with E-state index in [0.29, 0.717) is 23.7 Å². The van der Waals surface area contributed by atoms with E-state index in [9.17, 15) is 9.90 Å². The lowest BCUT2D eigenvalue weighted by molar-refractivity contribution is 0.447. The van der Waals surface area contributed by atoms with E-state index in [0.717, 1.165) is 0 Å². The molecule has 1 aromatic carbocycles. The van der Waals surface area contributed by atoms with Gasteiger partial charge in [0.05, 0.1) is 0 Å². The molecule has 2 aromatic rings. The standard InChI is InChI=1S/C14H16N2O2/c1-9(2)8-11-15-13(17)12(14(18)16-11)10-6-4-3-5-7-10/h3-7,9H,8H2,1-2H3,(H2,15,16,17,18). The summed E-state index contributed by atoms with van der Waals surface area (Å²) in [5, 5.41) is 9.91. The summed E-state index contributed by atoms with van der Waals surface area (Å²) >= 11 is 0. The number of hydrogen-bond acceptors (Lipinski definition) is 3. The summed E-state index contributed by atoms with van der Waals surface area (Å²) in [5.74, 6) is 0.683. The topological polar surface area (TPSA) is 66.0 Å². The molecule has 2 rings (SSSR count). The molecule has 4 heteroatoms. The summed E-state index contributed by atoms with van der Waals surface area (Å²) in [6, 6.07) is 9.03. The quantitative estimate of drug-likeness (QED) is 0.870. The lowest BCUT2D eigenvalue weighted by Crippen LogP contribution is -2.15. The molecule has 0 bridgehead atoms. The third-order valence-corrected chi connectivity index (χ3v) is 2.61. The molecule has 0 radical (unpaired) electrons. The minimum atomic E-state index is -0.302. The molecular formula is C14H16N2O2. The Morgan fingerprint density at radius 1 is 1.28 bits per heavy atom. The van der Waals surface area contributed by atoms with Crippen molar-refractivity contribution in [2.24, 2.45) is 5.92 Å². The molecule has 0 aliphatic rings. The number of hydrogen-bond donors (Lipinski definition) is 2. The molecule has 94 valence electrons. The van der Waals surface area contributed by atoms with E-state index in [4.69, 9.17) is 0 Å². The minimum Gasteiger partial charge on any atom is -0.493 e. The molecule has 1 aromatic heterocycles. The van der Waals surface area contributed by atoms with Gasteiger partial charge in [-0.15, -0.1) is 0 Å². The zero-order valence-corrected chi connectivity index (χ0v) is 10.5. The van der Waals surface area contributed by atoms with Crippen molar-refractivity contribution in [3.05, 3.63) is 46.5 Å². The predicted octanol–water partition coefficient (Wildman–Crippen LogP) is 2.34. The van der Waals surface area contributed by atoms with E-state index in [1.807, 2.05) is 32.0 Å². The highest BCUT2D eigenvalue weighted by Gasteiger charge is 2.13. The molecule has 0 atom stereocenters. The van der Waals surface area contributed by atoms with Crippen LogP contribution in [-0.2, 0) is 6.42 Å². The van der Waals surface area contributed by atoms with Crippen LogP contribution in [0.5, 0.6) is 5.88 Å². The summed E-state index contributed by atoms with van der Waals surface area (Å²) in [6.07, 6.45) is 0.637. The fourth-order valence-electron chi connectivity index (χ4n) is 1.86. The zero-order chi connectivity index (χ0) is 13.1. The summed E-state index contributed by atoms with van der Waals surface area (Å²) in [6.45, 7) is 4.06. The van der Waals surface area contributed by atoms with Gasteiger partial charge in [0, 0.05) is 6.42 Å². The van der Waals surface area contributed by atoms with Crippen molar-refractivity contribution in [1.82, 2.24) is 9.97 Å². The van der Waals surface area contributed by atoms with Crippen molar-refractivity contribution in [3.63, 3.8) is 0 Å². The Hall–Kier alpha value is -2.10. The Morgan fingerprint density at radius 2 is 1.94 bits per heavy atom. The smallest absolute Gasteiger partial charge is 0.262 e. The molecule has 0 spiro atoms. The van der Waals surface area contributed by atoms with Gasteiger partial charge < -0.3 is 10.1 Å². The molecule has 18 heavy (non-hydrogen) atoms. The van der Waals surface area contributed by atoms with Crippen LogP contribution in [0.4, 0.5) is 0 Å². The number of aromatic hydroxyl groups is 1. The third-order valence-electron chi connectivity index (χ3n) is 2.61. The van der Waals surface area contributed by atoms with Gasteiger partial charge in [-0.3, -0.25) is 4.79 Å². The molecule has 2 N–H and O–H groups in total. The molecule has 0 unspecified atom stereocenters. The fourth-order valence-corrected chi connectivity index (χ4v) is 1.86. The van der Waals surface area contributed by atoms with Crippen LogP contribution in [0, 0.1) is 5.92 Å². The summed E-state index contributed by atoms with van der Waals surface area (Å²) in [4.78, 5) is 18.8. The highest BCUT2D eigenvalue weighted by Crippen LogP contribution is 2.22. The highest BCUT2D eigenvalue weighted by atomic mass is 16.3. The summed E-state index contributed by atoms with van der Waals surface area (Å²) < 4.78 is 0. The van der Waals surface area contributed by atoms with Crippen molar-refractivity contribution >= 4 is 0 Å². The van der Waals surface area contributed by atoms with Gasteiger partial charge in [-0.25, -0.2) is 0 Å². The van der Waals surface area contributed by atoms with Gasteiger partial charge in [0.1, 0.15) is 11.4 Å². The number of nitrogens with one attached hydrogen (secondary N) is 1. The first-order valence-corrected chi connectivity index (χ1v) is 5.95. The second kappa shape index (κ2) is 5.04. The molecule has 0 aliphatic carbocycles. The number of H-pyrrole nitrogens is 1. The zero-order valence-electron chi connectivity index (χ0n) is 10.5. The summed E-state index contributed by atoms with van der Waals surface area (Å²) in [7, 11) is 0. The van der Waals surface area contributed by atoms with Crippen LogP contribution < -0.4 is 5.56 Å². The number of benzene rings is 1. The first kappa shape index (κ1) is 12.4. The van der Waals surface area contributed by atoms with E-state index in [-0.39, 0.29) is 17.0 Å². The number of aromatic amines is 1. The van der Waals surface area contributed by atoms with E-state index < -0.39 is 0 Å². The van der Waals surface area contributed by atoms with Gasteiger partial charge in [-0.1, -0.05) is 44.2 Å². The second-order valence-corrected chi connectivity index (χ2v) is 4.68. The fraction of sp³-hybridized carbons (Fsp3) is 0.286. The van der Waals surface area contributed by atoms with Crippen LogP contribution >= 0.6 is 0 Å². The van der Waals surface area contributed by atoms with E-state index in [1.54, 1.807) is 12.1 Å². The first-order valence-electron chi connectivity index (χ1n) is 5.95. The van der Waals surface area contributed by atoms with Gasteiger partial charge >= 0.3 is 0 Å². The summed E-state index contributed by atoms with van der Waals surface area (Å²) in [5.41, 5.74) is 0.590. The van der Waals surface area contributed by atoms with Crippen LogP contribution in [0.15, 0.2) is 35.1 Å². The van der Waals surface area contributed by atoms with Crippen molar-refractivity contribution in [1.29, 1.82) is 0 Å². The largest absolute Gasteiger partial charge is 0.493 e. The Bertz CT molecular complexity index is 588. The van der Waals surface area contributed by atoms with Gasteiger partial charge in [-0.05, 0) is 11.5 Å². The van der Waals surface area contributed by atoms with Crippen LogP contribution in [0.3, 0.4) is 0 Å². The molecule has 0 saturated carbocycles. The van der Waals surface area contributed by atoms with Crippen molar-refractivity contribution < 1.29 is 5.11 Å². The normalized spacial score (nSPS) is 10.8. The Morgan fingerprint density at radius 3 is 2.50 bits per heavy atom. The van der Waals surface area contributed by atoms with E-state index in [2.05, 4.69) is 9.97 Å². The highest BCUT2D eigenvalue weighted by molar-refractivity contribution is 5.66. The van der Waals surface area contributed by atoms with Crippen molar-refractivity contribution in [2.75, 3.05) is 0 Å². The van der Waals surface area contributed by atoms with Crippen LogP contribution in [0.1, 0.15) is 19.7 Å². The third kappa shape index (κ3) is 2.59. The molecular weight excluding hydrogens is 228 g/mol. The lowest BCUT2D eigenvalue weighted by Gasteiger charge is -2.07. The first-order chi connectivity index (χ1) is 8.58. The average Bonchev–Trinajstić information content (AvgIpc) is 2.28. The molecule has 4 nitrogen and oxygen atoms in total.